The number of urea groups is 1. The molecule has 1 fully saturated rings. The molecular weight excluding hydrogens is 434 g/mol. The highest BCUT2D eigenvalue weighted by atomic mass is 19.1. The van der Waals surface area contributed by atoms with Gasteiger partial charge in [-0.05, 0) is 49.2 Å². The van der Waals surface area contributed by atoms with Gasteiger partial charge in [0.25, 0.3) is 0 Å². The summed E-state index contributed by atoms with van der Waals surface area (Å²) in [4.78, 5) is 29.1. The van der Waals surface area contributed by atoms with Crippen LogP contribution in [0, 0.1) is 11.6 Å². The van der Waals surface area contributed by atoms with E-state index in [4.69, 9.17) is 9.26 Å². The van der Waals surface area contributed by atoms with Gasteiger partial charge in [0.1, 0.15) is 17.0 Å². The van der Waals surface area contributed by atoms with Gasteiger partial charge < -0.3 is 19.9 Å². The minimum Gasteiger partial charge on any atom is -0.468 e. The van der Waals surface area contributed by atoms with Crippen molar-refractivity contribution in [2.75, 3.05) is 17.7 Å². The van der Waals surface area contributed by atoms with Crippen molar-refractivity contribution in [2.45, 2.75) is 37.5 Å². The van der Waals surface area contributed by atoms with Gasteiger partial charge in [0.2, 0.25) is 11.7 Å². The summed E-state index contributed by atoms with van der Waals surface area (Å²) in [6.45, 7) is 0. The van der Waals surface area contributed by atoms with Crippen molar-refractivity contribution in [1.29, 1.82) is 0 Å². The Morgan fingerprint density at radius 1 is 1.03 bits per heavy atom. The molecule has 4 rings (SSSR count). The first-order valence-corrected chi connectivity index (χ1v) is 10.5. The molecule has 0 radical (unpaired) electrons. The molecule has 1 aliphatic carbocycles. The van der Waals surface area contributed by atoms with Crippen molar-refractivity contribution < 1.29 is 27.6 Å². The zero-order valence-corrected chi connectivity index (χ0v) is 17.9. The molecule has 33 heavy (non-hydrogen) atoms. The SMILES string of the molecule is COC(=O)C1(c2nc(-c3ccc(NC(=O)Nc4ccc(F)cc4F)cc3)no2)CCCCC1. The van der Waals surface area contributed by atoms with Crippen molar-refractivity contribution in [2.24, 2.45) is 0 Å². The number of carbonyl (C=O) groups excluding carboxylic acids is 2. The summed E-state index contributed by atoms with van der Waals surface area (Å²) in [5.74, 6) is -1.44. The van der Waals surface area contributed by atoms with Crippen LogP contribution >= 0.6 is 0 Å². The molecule has 1 saturated carbocycles. The first kappa shape index (κ1) is 22.4. The smallest absolute Gasteiger partial charge is 0.323 e. The molecule has 0 aliphatic heterocycles. The van der Waals surface area contributed by atoms with Crippen LogP contribution in [0.15, 0.2) is 47.0 Å². The van der Waals surface area contributed by atoms with Gasteiger partial charge in [-0.25, -0.2) is 13.6 Å². The Balaban J connectivity index is 1.46. The third-order valence-electron chi connectivity index (χ3n) is 5.70. The molecule has 0 unspecified atom stereocenters. The molecule has 0 bridgehead atoms. The normalized spacial score (nSPS) is 15.0. The Morgan fingerprint density at radius 3 is 2.42 bits per heavy atom. The number of halogens is 2. The first-order valence-electron chi connectivity index (χ1n) is 10.5. The maximum Gasteiger partial charge on any atom is 0.323 e. The molecule has 10 heteroatoms. The van der Waals surface area contributed by atoms with Crippen LogP contribution < -0.4 is 10.6 Å². The summed E-state index contributed by atoms with van der Waals surface area (Å²) < 4.78 is 37.2. The molecule has 1 aliphatic rings. The van der Waals surface area contributed by atoms with Gasteiger partial charge in [0.15, 0.2) is 0 Å². The van der Waals surface area contributed by atoms with E-state index in [2.05, 4.69) is 20.8 Å². The topological polar surface area (TPSA) is 106 Å². The highest BCUT2D eigenvalue weighted by Crippen LogP contribution is 2.40. The maximum absolute atomic E-state index is 13.7. The van der Waals surface area contributed by atoms with Crippen LogP contribution in [-0.2, 0) is 14.9 Å². The molecule has 1 aromatic heterocycles. The third kappa shape index (κ3) is 4.69. The van der Waals surface area contributed by atoms with E-state index >= 15 is 0 Å². The fraction of sp³-hybridized carbons (Fsp3) is 0.304. The molecule has 3 aromatic rings. The quantitative estimate of drug-likeness (QED) is 0.522. The molecule has 2 amide bonds. The first-order chi connectivity index (χ1) is 15.9. The van der Waals surface area contributed by atoms with Gasteiger partial charge in [-0.2, -0.15) is 4.98 Å². The number of hydrogen-bond acceptors (Lipinski definition) is 6. The largest absolute Gasteiger partial charge is 0.468 e. The highest BCUT2D eigenvalue weighted by Gasteiger charge is 2.47. The van der Waals surface area contributed by atoms with E-state index in [-0.39, 0.29) is 17.5 Å². The third-order valence-corrected chi connectivity index (χ3v) is 5.70. The minimum absolute atomic E-state index is 0.146. The van der Waals surface area contributed by atoms with E-state index in [0.717, 1.165) is 31.4 Å². The van der Waals surface area contributed by atoms with Gasteiger partial charge in [-0.15, -0.1) is 0 Å². The van der Waals surface area contributed by atoms with Crippen molar-refractivity contribution >= 4 is 23.4 Å². The van der Waals surface area contributed by atoms with E-state index < -0.39 is 23.1 Å². The lowest BCUT2D eigenvalue weighted by atomic mass is 9.74. The minimum atomic E-state index is -0.923. The molecular formula is C23H22F2N4O4. The highest BCUT2D eigenvalue weighted by molar-refractivity contribution is 5.99. The monoisotopic (exact) mass is 456 g/mol. The number of carbonyl (C=O) groups is 2. The van der Waals surface area contributed by atoms with Gasteiger partial charge >= 0.3 is 12.0 Å². The Labute approximate surface area is 188 Å². The number of methoxy groups -OCH3 is 1. The zero-order valence-electron chi connectivity index (χ0n) is 17.9. The molecule has 2 N–H and O–H groups in total. The predicted molar refractivity (Wildman–Crippen MR) is 116 cm³/mol. The Bertz CT molecular complexity index is 1160. The average Bonchev–Trinajstić information content (AvgIpc) is 3.32. The standard InChI is InChI=1S/C23H22F2N4O4/c1-32-21(30)23(11-3-2-4-12-23)20-28-19(29-33-20)14-5-8-16(9-6-14)26-22(31)27-18-10-7-15(24)13-17(18)25/h5-10,13H,2-4,11-12H2,1H3,(H2,26,27,31). The van der Waals surface area contributed by atoms with Crippen LogP contribution in [0.3, 0.4) is 0 Å². The van der Waals surface area contributed by atoms with Crippen LogP contribution in [-0.4, -0.2) is 29.3 Å². The molecule has 1 heterocycles. The van der Waals surface area contributed by atoms with E-state index in [0.29, 0.717) is 36.0 Å². The number of hydrogen-bond donors (Lipinski definition) is 2. The zero-order chi connectivity index (χ0) is 23.4. The van der Waals surface area contributed by atoms with E-state index in [1.54, 1.807) is 24.3 Å². The Kier molecular flexibility index (Phi) is 6.34. The van der Waals surface area contributed by atoms with E-state index in [1.807, 2.05) is 0 Å². The lowest BCUT2D eigenvalue weighted by Gasteiger charge is -2.30. The van der Waals surface area contributed by atoms with Crippen LogP contribution in [0.25, 0.3) is 11.4 Å². The van der Waals surface area contributed by atoms with Crippen LogP contribution in [0.4, 0.5) is 25.0 Å². The van der Waals surface area contributed by atoms with Crippen LogP contribution in [0.2, 0.25) is 0 Å². The summed E-state index contributed by atoms with van der Waals surface area (Å²) in [5.41, 5.74) is -0.0164. The second-order valence-electron chi connectivity index (χ2n) is 7.84. The van der Waals surface area contributed by atoms with Crippen LogP contribution in [0.1, 0.15) is 38.0 Å². The second-order valence-corrected chi connectivity index (χ2v) is 7.84. The van der Waals surface area contributed by atoms with Crippen molar-refractivity contribution in [1.82, 2.24) is 10.1 Å². The Morgan fingerprint density at radius 2 is 1.76 bits per heavy atom. The summed E-state index contributed by atoms with van der Waals surface area (Å²) >= 11 is 0. The number of benzene rings is 2. The molecule has 0 spiro atoms. The van der Waals surface area contributed by atoms with Crippen molar-refractivity contribution in [3.8, 4) is 11.4 Å². The number of aromatic nitrogens is 2. The predicted octanol–water partition coefficient (Wildman–Crippen LogP) is 5.03. The molecule has 8 nitrogen and oxygen atoms in total. The van der Waals surface area contributed by atoms with Gasteiger partial charge in [-0.3, -0.25) is 4.79 Å². The lowest BCUT2D eigenvalue weighted by Crippen LogP contribution is -2.39. The van der Waals surface area contributed by atoms with E-state index in [1.165, 1.54) is 7.11 Å². The number of rotatable bonds is 5. The maximum atomic E-state index is 13.7. The number of nitrogens with zero attached hydrogens (tertiary/aromatic N) is 2. The Hall–Kier alpha value is -3.82. The summed E-state index contributed by atoms with van der Waals surface area (Å²) in [7, 11) is 1.35. The number of nitrogens with one attached hydrogen (secondary N) is 2. The van der Waals surface area contributed by atoms with Gasteiger partial charge in [-0.1, -0.05) is 24.4 Å². The molecule has 0 atom stereocenters. The summed E-state index contributed by atoms with van der Waals surface area (Å²) in [6, 6.07) is 8.75. The number of anilines is 2. The van der Waals surface area contributed by atoms with Gasteiger partial charge in [0, 0.05) is 17.3 Å². The molecule has 2 aromatic carbocycles. The molecule has 172 valence electrons. The number of esters is 1. The average molecular weight is 456 g/mol. The fourth-order valence-electron chi connectivity index (χ4n) is 3.97. The number of ether oxygens (including phenoxy) is 1. The number of amides is 2. The lowest BCUT2D eigenvalue weighted by molar-refractivity contribution is -0.150. The summed E-state index contributed by atoms with van der Waals surface area (Å²) in [6.07, 6.45) is 3.96. The van der Waals surface area contributed by atoms with Crippen molar-refractivity contribution in [3.63, 3.8) is 0 Å². The second kappa shape index (κ2) is 9.35. The summed E-state index contributed by atoms with van der Waals surface area (Å²) in [5, 5.41) is 8.90. The van der Waals surface area contributed by atoms with Crippen LogP contribution in [0.5, 0.6) is 0 Å². The fourth-order valence-corrected chi connectivity index (χ4v) is 3.97. The van der Waals surface area contributed by atoms with E-state index in [9.17, 15) is 18.4 Å². The molecule has 0 saturated heterocycles. The van der Waals surface area contributed by atoms with Crippen molar-refractivity contribution in [3.05, 3.63) is 60.0 Å². The van der Waals surface area contributed by atoms with Gasteiger partial charge in [0.05, 0.1) is 12.8 Å².